The van der Waals surface area contributed by atoms with Gasteiger partial charge in [0.1, 0.15) is 11.9 Å². The predicted molar refractivity (Wildman–Crippen MR) is 129 cm³/mol. The van der Waals surface area contributed by atoms with Crippen molar-refractivity contribution in [1.29, 1.82) is 0 Å². The Labute approximate surface area is 207 Å². The zero-order valence-electron chi connectivity index (χ0n) is 20.0. The van der Waals surface area contributed by atoms with E-state index in [1.165, 1.54) is 18.3 Å². The standard InChI is InChI=1S/C27H29F3N2O4/c1-17(2)15-24(19-3-5-20(6-4-19)26(35)31-14-13-25(33)34)36-22-11-12-23(32-16-22)18-7-9-21(10-8-18)27(28,29)30/h3-12,16-17,24-25,33-34H,13-15H2,1-2H3,(H,31,35). The largest absolute Gasteiger partial charge is 0.484 e. The van der Waals surface area contributed by atoms with Crippen LogP contribution in [0.25, 0.3) is 11.3 Å². The fourth-order valence-electron chi connectivity index (χ4n) is 3.56. The van der Waals surface area contributed by atoms with Gasteiger partial charge in [-0.25, -0.2) is 0 Å². The average molecular weight is 503 g/mol. The molecule has 1 unspecified atom stereocenters. The highest BCUT2D eigenvalue weighted by Crippen LogP contribution is 2.32. The van der Waals surface area contributed by atoms with Gasteiger partial charge in [0.05, 0.1) is 17.5 Å². The maximum absolute atomic E-state index is 12.8. The number of hydrogen-bond acceptors (Lipinski definition) is 5. The minimum Gasteiger partial charge on any atom is -0.484 e. The van der Waals surface area contributed by atoms with Crippen LogP contribution in [0.3, 0.4) is 0 Å². The zero-order valence-corrected chi connectivity index (χ0v) is 20.0. The Kier molecular flexibility index (Phi) is 9.06. The second kappa shape index (κ2) is 12.0. The molecule has 0 bridgehead atoms. The van der Waals surface area contributed by atoms with Crippen LogP contribution in [0.4, 0.5) is 13.2 Å². The summed E-state index contributed by atoms with van der Waals surface area (Å²) in [6.45, 7) is 4.28. The summed E-state index contributed by atoms with van der Waals surface area (Å²) in [6.07, 6.45) is -3.87. The molecule has 3 aromatic rings. The number of rotatable bonds is 10. The molecule has 0 aliphatic rings. The molecule has 0 saturated carbocycles. The molecular formula is C27H29F3N2O4. The molecule has 9 heteroatoms. The number of nitrogens with zero attached hydrogens (tertiary/aromatic N) is 1. The summed E-state index contributed by atoms with van der Waals surface area (Å²) in [7, 11) is 0. The second-order valence-corrected chi connectivity index (χ2v) is 8.84. The van der Waals surface area contributed by atoms with Crippen LogP contribution in [-0.4, -0.2) is 33.9 Å². The normalized spacial score (nSPS) is 12.6. The predicted octanol–water partition coefficient (Wildman–Crippen LogP) is 5.36. The fourth-order valence-corrected chi connectivity index (χ4v) is 3.56. The minimum atomic E-state index is -4.39. The van der Waals surface area contributed by atoms with Crippen LogP contribution in [0.5, 0.6) is 5.75 Å². The van der Waals surface area contributed by atoms with E-state index >= 15 is 0 Å². The summed E-state index contributed by atoms with van der Waals surface area (Å²) < 4.78 is 44.6. The molecule has 36 heavy (non-hydrogen) atoms. The van der Waals surface area contributed by atoms with Gasteiger partial charge in [0, 0.05) is 24.1 Å². The molecule has 6 nitrogen and oxygen atoms in total. The number of ether oxygens (including phenoxy) is 1. The molecule has 0 saturated heterocycles. The van der Waals surface area contributed by atoms with Crippen molar-refractivity contribution in [3.63, 3.8) is 0 Å². The molecule has 2 aromatic carbocycles. The van der Waals surface area contributed by atoms with Crippen molar-refractivity contribution in [3.8, 4) is 17.0 Å². The van der Waals surface area contributed by atoms with Crippen LogP contribution < -0.4 is 10.1 Å². The fraction of sp³-hybridized carbons (Fsp3) is 0.333. The molecular weight excluding hydrogens is 473 g/mol. The van der Waals surface area contributed by atoms with Gasteiger partial charge in [0.2, 0.25) is 0 Å². The van der Waals surface area contributed by atoms with Gasteiger partial charge in [-0.1, -0.05) is 38.1 Å². The van der Waals surface area contributed by atoms with Gasteiger partial charge in [-0.05, 0) is 54.3 Å². The van der Waals surface area contributed by atoms with E-state index in [0.717, 1.165) is 17.7 Å². The maximum Gasteiger partial charge on any atom is 0.416 e. The van der Waals surface area contributed by atoms with Gasteiger partial charge in [-0.3, -0.25) is 9.78 Å². The molecule has 0 spiro atoms. The van der Waals surface area contributed by atoms with Crippen molar-refractivity contribution >= 4 is 5.91 Å². The van der Waals surface area contributed by atoms with Crippen molar-refractivity contribution in [2.24, 2.45) is 5.92 Å². The Morgan fingerprint density at radius 1 is 1.00 bits per heavy atom. The number of amides is 1. The molecule has 0 aliphatic carbocycles. The maximum atomic E-state index is 12.8. The van der Waals surface area contributed by atoms with Crippen molar-refractivity contribution < 1.29 is 32.9 Å². The molecule has 3 N–H and O–H groups in total. The summed E-state index contributed by atoms with van der Waals surface area (Å²) in [6, 6.07) is 15.2. The van der Waals surface area contributed by atoms with Crippen LogP contribution in [0.2, 0.25) is 0 Å². The monoisotopic (exact) mass is 502 g/mol. The van der Waals surface area contributed by atoms with Crippen molar-refractivity contribution in [3.05, 3.63) is 83.6 Å². The number of nitrogens with one attached hydrogen (secondary N) is 1. The third-order valence-electron chi connectivity index (χ3n) is 5.44. The van der Waals surface area contributed by atoms with Crippen LogP contribution in [0.1, 0.15) is 54.3 Å². The van der Waals surface area contributed by atoms with Crippen molar-refractivity contribution in [2.45, 2.75) is 45.3 Å². The quantitative estimate of drug-likeness (QED) is 0.325. The number of pyridine rings is 1. The van der Waals surface area contributed by atoms with E-state index in [0.29, 0.717) is 34.9 Å². The van der Waals surface area contributed by atoms with Gasteiger partial charge in [-0.2, -0.15) is 13.2 Å². The van der Waals surface area contributed by atoms with E-state index in [9.17, 15) is 18.0 Å². The first-order valence-electron chi connectivity index (χ1n) is 11.6. The Morgan fingerprint density at radius 2 is 1.67 bits per heavy atom. The number of aromatic nitrogens is 1. The van der Waals surface area contributed by atoms with Crippen LogP contribution in [0, 0.1) is 5.92 Å². The van der Waals surface area contributed by atoms with Crippen LogP contribution >= 0.6 is 0 Å². The highest BCUT2D eigenvalue weighted by molar-refractivity contribution is 5.94. The van der Waals surface area contributed by atoms with Gasteiger partial charge in [-0.15, -0.1) is 0 Å². The van der Waals surface area contributed by atoms with Crippen molar-refractivity contribution in [1.82, 2.24) is 10.3 Å². The van der Waals surface area contributed by atoms with E-state index in [4.69, 9.17) is 14.9 Å². The second-order valence-electron chi connectivity index (χ2n) is 8.84. The Hall–Kier alpha value is -3.43. The number of hydrogen-bond donors (Lipinski definition) is 3. The molecule has 3 rings (SSSR count). The lowest BCUT2D eigenvalue weighted by Crippen LogP contribution is -2.27. The lowest BCUT2D eigenvalue weighted by atomic mass is 9.98. The molecule has 0 fully saturated rings. The SMILES string of the molecule is CC(C)CC(Oc1ccc(-c2ccc(C(F)(F)F)cc2)nc1)c1ccc(C(=O)NCCC(O)O)cc1. The number of aliphatic hydroxyl groups excluding tert-OH is 1. The number of carbonyl (C=O) groups is 1. The highest BCUT2D eigenvalue weighted by atomic mass is 19.4. The first kappa shape index (κ1) is 27.2. The van der Waals surface area contributed by atoms with E-state index in [1.54, 1.807) is 24.3 Å². The molecule has 192 valence electrons. The third kappa shape index (κ3) is 7.79. The Bertz CT molecular complexity index is 1110. The molecule has 0 radical (unpaired) electrons. The zero-order chi connectivity index (χ0) is 26.3. The van der Waals surface area contributed by atoms with E-state index in [2.05, 4.69) is 24.1 Å². The van der Waals surface area contributed by atoms with Gasteiger partial charge in [0.25, 0.3) is 5.91 Å². The van der Waals surface area contributed by atoms with Gasteiger partial charge >= 0.3 is 6.18 Å². The first-order chi connectivity index (χ1) is 17.0. The third-order valence-corrected chi connectivity index (χ3v) is 5.44. The molecule has 1 atom stereocenters. The lowest BCUT2D eigenvalue weighted by Gasteiger charge is -2.22. The van der Waals surface area contributed by atoms with Crippen molar-refractivity contribution in [2.75, 3.05) is 6.54 Å². The number of alkyl halides is 3. The Morgan fingerprint density at radius 3 is 2.19 bits per heavy atom. The van der Waals surface area contributed by atoms with E-state index in [-0.39, 0.29) is 25.0 Å². The average Bonchev–Trinajstić information content (AvgIpc) is 2.83. The molecule has 1 heterocycles. The smallest absolute Gasteiger partial charge is 0.416 e. The lowest BCUT2D eigenvalue weighted by molar-refractivity contribution is -0.137. The summed E-state index contributed by atoms with van der Waals surface area (Å²) >= 11 is 0. The Balaban J connectivity index is 1.69. The van der Waals surface area contributed by atoms with Gasteiger partial charge in [0.15, 0.2) is 6.29 Å². The summed E-state index contributed by atoms with van der Waals surface area (Å²) in [5.74, 6) is 0.523. The summed E-state index contributed by atoms with van der Waals surface area (Å²) in [4.78, 5) is 16.6. The molecule has 0 aliphatic heterocycles. The molecule has 1 aromatic heterocycles. The van der Waals surface area contributed by atoms with Gasteiger partial charge < -0.3 is 20.3 Å². The van der Waals surface area contributed by atoms with E-state index < -0.39 is 18.0 Å². The van der Waals surface area contributed by atoms with Crippen LogP contribution in [0.15, 0.2) is 66.9 Å². The van der Waals surface area contributed by atoms with E-state index in [1.807, 2.05) is 12.1 Å². The number of aliphatic hydroxyl groups is 2. The van der Waals surface area contributed by atoms with Crippen LogP contribution in [-0.2, 0) is 6.18 Å². The topological polar surface area (TPSA) is 91.7 Å². The number of halogens is 3. The first-order valence-corrected chi connectivity index (χ1v) is 11.6. The minimum absolute atomic E-state index is 0.0415. The number of benzene rings is 2. The highest BCUT2D eigenvalue weighted by Gasteiger charge is 2.30. The summed E-state index contributed by atoms with van der Waals surface area (Å²) in [5, 5.41) is 20.4. The number of carbonyl (C=O) groups excluding carboxylic acids is 1. The molecule has 1 amide bonds. The summed E-state index contributed by atoms with van der Waals surface area (Å²) in [5.41, 5.74) is 1.70.